The maximum Gasteiger partial charge on any atom is 0.387 e. The molecular weight excluding hydrogens is 404 g/mol. The number of nitrogens with one attached hydrogen (secondary N) is 1. The molecule has 0 unspecified atom stereocenters. The highest BCUT2D eigenvalue weighted by Crippen LogP contribution is 2.28. The third-order valence-electron chi connectivity index (χ3n) is 5.71. The molecule has 3 heterocycles. The Bertz CT molecular complexity index is 832. The van der Waals surface area contributed by atoms with Gasteiger partial charge in [0.15, 0.2) is 5.69 Å². The highest BCUT2D eigenvalue weighted by molar-refractivity contribution is 5.93. The zero-order valence-corrected chi connectivity index (χ0v) is 16.9. The van der Waals surface area contributed by atoms with Crippen molar-refractivity contribution in [1.29, 1.82) is 0 Å². The van der Waals surface area contributed by atoms with Gasteiger partial charge >= 0.3 is 6.61 Å². The normalized spacial score (nSPS) is 21.4. The average molecular weight is 428 g/mol. The van der Waals surface area contributed by atoms with E-state index in [1.165, 1.54) is 16.8 Å². The smallest absolute Gasteiger partial charge is 0.387 e. The van der Waals surface area contributed by atoms with Crippen LogP contribution in [0, 0.1) is 18.8 Å². The Hall–Kier alpha value is -2.26. The number of rotatable bonds is 4. The summed E-state index contributed by atoms with van der Waals surface area (Å²) in [5, 5.41) is 11.6. The summed E-state index contributed by atoms with van der Waals surface area (Å²) < 4.78 is 30.5. The van der Waals surface area contributed by atoms with E-state index in [4.69, 9.17) is 0 Å². The van der Waals surface area contributed by atoms with Crippen LogP contribution in [0.25, 0.3) is 5.69 Å². The molecule has 7 nitrogen and oxygen atoms in total. The van der Waals surface area contributed by atoms with Crippen LogP contribution in [-0.4, -0.2) is 58.6 Å². The van der Waals surface area contributed by atoms with Crippen molar-refractivity contribution in [3.63, 3.8) is 0 Å². The van der Waals surface area contributed by atoms with E-state index in [9.17, 15) is 13.6 Å². The summed E-state index contributed by atoms with van der Waals surface area (Å²) in [5.74, 6) is 1.25. The second-order valence-corrected chi connectivity index (χ2v) is 7.36. The molecule has 1 amide bonds. The third kappa shape index (κ3) is 4.51. The maximum absolute atomic E-state index is 13.0. The molecule has 0 saturated carbocycles. The topological polar surface area (TPSA) is 72.3 Å². The van der Waals surface area contributed by atoms with Crippen molar-refractivity contribution in [2.75, 3.05) is 26.2 Å². The highest BCUT2D eigenvalue weighted by atomic mass is 35.5. The number of ether oxygens (including phenoxy) is 1. The van der Waals surface area contributed by atoms with Gasteiger partial charge in [-0.3, -0.25) is 4.79 Å². The fraction of sp³-hybridized carbons (Fsp3) is 0.526. The minimum absolute atomic E-state index is 0. The minimum atomic E-state index is -2.87. The summed E-state index contributed by atoms with van der Waals surface area (Å²) in [6, 6.07) is 6.08. The van der Waals surface area contributed by atoms with Gasteiger partial charge in [0.25, 0.3) is 5.91 Å². The molecule has 0 spiro atoms. The van der Waals surface area contributed by atoms with Crippen LogP contribution < -0.4 is 10.1 Å². The molecule has 1 aromatic carbocycles. The lowest BCUT2D eigenvalue weighted by Crippen LogP contribution is -2.33. The summed E-state index contributed by atoms with van der Waals surface area (Å²) in [5.41, 5.74) is 1.58. The lowest BCUT2D eigenvalue weighted by atomic mass is 9.92. The predicted molar refractivity (Wildman–Crippen MR) is 105 cm³/mol. The molecule has 0 bridgehead atoms. The molecule has 2 saturated heterocycles. The van der Waals surface area contributed by atoms with Crippen LogP contribution in [0.15, 0.2) is 24.3 Å². The molecule has 158 valence electrons. The third-order valence-corrected chi connectivity index (χ3v) is 5.71. The van der Waals surface area contributed by atoms with Crippen molar-refractivity contribution in [2.24, 2.45) is 11.8 Å². The standard InChI is InChI=1S/C19H23F2N5O2.ClH/c1-12-17(18(27)25-8-6-13-10-22-11-14(13)7-9-25)23-24-26(12)15-2-4-16(5-3-15)28-19(20)21;/h2-5,13-14,19,22H,6-11H2,1H3;1H/t13-,14+;. The van der Waals surface area contributed by atoms with Crippen molar-refractivity contribution >= 4 is 18.3 Å². The van der Waals surface area contributed by atoms with Gasteiger partial charge in [-0.1, -0.05) is 5.21 Å². The monoisotopic (exact) mass is 427 g/mol. The number of likely N-dealkylation sites (tertiary alicyclic amines) is 1. The SMILES string of the molecule is Cc1c(C(=O)N2CC[C@@H]3CNC[C@@H]3CC2)nnn1-c1ccc(OC(F)F)cc1.Cl. The number of hydrogen-bond acceptors (Lipinski definition) is 5. The van der Waals surface area contributed by atoms with Gasteiger partial charge in [0.05, 0.1) is 11.4 Å². The molecule has 29 heavy (non-hydrogen) atoms. The molecule has 2 fully saturated rings. The molecule has 2 aliphatic rings. The van der Waals surface area contributed by atoms with E-state index in [2.05, 4.69) is 20.4 Å². The van der Waals surface area contributed by atoms with Crippen LogP contribution in [0.1, 0.15) is 29.0 Å². The van der Waals surface area contributed by atoms with Crippen molar-refractivity contribution in [3.8, 4) is 11.4 Å². The average Bonchev–Trinajstić information content (AvgIpc) is 3.23. The second kappa shape index (κ2) is 9.04. The van der Waals surface area contributed by atoms with E-state index in [0.29, 0.717) is 28.9 Å². The van der Waals surface area contributed by atoms with Gasteiger partial charge in [0.2, 0.25) is 0 Å². The zero-order chi connectivity index (χ0) is 19.7. The number of hydrogen-bond donors (Lipinski definition) is 1. The first-order valence-electron chi connectivity index (χ1n) is 9.50. The Kier molecular flexibility index (Phi) is 6.69. The lowest BCUT2D eigenvalue weighted by Gasteiger charge is -2.20. The second-order valence-electron chi connectivity index (χ2n) is 7.36. The molecule has 0 aliphatic carbocycles. The van der Waals surface area contributed by atoms with Crippen molar-refractivity contribution in [1.82, 2.24) is 25.2 Å². The molecule has 1 N–H and O–H groups in total. The van der Waals surface area contributed by atoms with E-state index in [1.54, 1.807) is 19.1 Å². The molecule has 2 aromatic rings. The number of carbonyl (C=O) groups is 1. The van der Waals surface area contributed by atoms with Crippen LogP contribution in [0.2, 0.25) is 0 Å². The van der Waals surface area contributed by atoms with Gasteiger partial charge in [-0.15, -0.1) is 17.5 Å². The summed E-state index contributed by atoms with van der Waals surface area (Å²) in [7, 11) is 0. The Morgan fingerprint density at radius 1 is 1.17 bits per heavy atom. The van der Waals surface area contributed by atoms with Crippen molar-refractivity contribution < 1.29 is 18.3 Å². The highest BCUT2D eigenvalue weighted by Gasteiger charge is 2.33. The summed E-state index contributed by atoms with van der Waals surface area (Å²) in [4.78, 5) is 14.9. The zero-order valence-electron chi connectivity index (χ0n) is 16.1. The van der Waals surface area contributed by atoms with Gasteiger partial charge < -0.3 is 15.0 Å². The molecular formula is C19H24ClF2N5O2. The number of amides is 1. The van der Waals surface area contributed by atoms with Crippen LogP contribution in [0.5, 0.6) is 5.75 Å². The molecule has 4 rings (SSSR count). The predicted octanol–water partition coefficient (Wildman–Crippen LogP) is 2.67. The van der Waals surface area contributed by atoms with Crippen LogP contribution in [-0.2, 0) is 0 Å². The number of alkyl halides is 2. The van der Waals surface area contributed by atoms with E-state index in [0.717, 1.165) is 39.0 Å². The molecule has 1 aromatic heterocycles. The minimum Gasteiger partial charge on any atom is -0.435 e. The van der Waals surface area contributed by atoms with E-state index in [-0.39, 0.29) is 24.1 Å². The molecule has 0 radical (unpaired) electrons. The van der Waals surface area contributed by atoms with Gasteiger partial charge in [0.1, 0.15) is 5.75 Å². The van der Waals surface area contributed by atoms with E-state index < -0.39 is 6.61 Å². The van der Waals surface area contributed by atoms with Crippen LogP contribution in [0.4, 0.5) is 8.78 Å². The van der Waals surface area contributed by atoms with Crippen LogP contribution in [0.3, 0.4) is 0 Å². The first-order chi connectivity index (χ1) is 13.5. The summed E-state index contributed by atoms with van der Waals surface area (Å²) in [6.07, 6.45) is 2.00. The number of aromatic nitrogens is 3. The van der Waals surface area contributed by atoms with Crippen molar-refractivity contribution in [2.45, 2.75) is 26.4 Å². The number of carbonyl (C=O) groups excluding carboxylic acids is 1. The van der Waals surface area contributed by atoms with Crippen molar-refractivity contribution in [3.05, 3.63) is 35.7 Å². The van der Waals surface area contributed by atoms with Gasteiger partial charge in [-0.05, 0) is 69.0 Å². The maximum atomic E-state index is 13.0. The Balaban J connectivity index is 0.00000240. The fourth-order valence-electron chi connectivity index (χ4n) is 4.11. The van der Waals surface area contributed by atoms with Gasteiger partial charge in [0, 0.05) is 13.1 Å². The quantitative estimate of drug-likeness (QED) is 0.812. The molecule has 2 atom stereocenters. The first-order valence-corrected chi connectivity index (χ1v) is 9.50. The fourth-order valence-corrected chi connectivity index (χ4v) is 4.11. The van der Waals surface area contributed by atoms with Crippen LogP contribution >= 0.6 is 12.4 Å². The van der Waals surface area contributed by atoms with E-state index in [1.807, 2.05) is 4.90 Å². The summed E-state index contributed by atoms with van der Waals surface area (Å²) >= 11 is 0. The van der Waals surface area contributed by atoms with Gasteiger partial charge in [-0.2, -0.15) is 8.78 Å². The Morgan fingerprint density at radius 2 is 1.79 bits per heavy atom. The number of halogens is 3. The first kappa shape index (κ1) is 21.4. The van der Waals surface area contributed by atoms with E-state index >= 15 is 0 Å². The lowest BCUT2D eigenvalue weighted by molar-refractivity contribution is -0.0498. The molecule has 10 heteroatoms. The van der Waals surface area contributed by atoms with Gasteiger partial charge in [-0.25, -0.2) is 4.68 Å². The Morgan fingerprint density at radius 3 is 2.38 bits per heavy atom. The largest absolute Gasteiger partial charge is 0.435 e. The Labute approximate surface area is 173 Å². The summed E-state index contributed by atoms with van der Waals surface area (Å²) in [6.45, 7) is 2.45. The molecule has 2 aliphatic heterocycles. The number of benzene rings is 1. The number of fused-ring (bicyclic) bond motifs is 1. The number of nitrogens with zero attached hydrogens (tertiary/aromatic N) is 4.